The number of nitrogens with one attached hydrogen (secondary N) is 1. The van der Waals surface area contributed by atoms with Crippen molar-refractivity contribution >= 4 is 6.03 Å². The number of hydrogen-bond donors (Lipinski definition) is 1. The second-order valence-electron chi connectivity index (χ2n) is 7.15. The van der Waals surface area contributed by atoms with Crippen LogP contribution in [0.3, 0.4) is 0 Å². The molecular formula is C23H24N4O2. The predicted octanol–water partition coefficient (Wildman–Crippen LogP) is 3.80. The molecule has 1 aromatic heterocycles. The standard InChI is InChI=1S/C23H24N4O2/c1-16-24-11-10-20(26-16)14-25-23(28)27-15-19-12-21(29-2)9-8-18(19)13-22(27)17-6-4-3-5-7-17/h3-12,22H,13-15H2,1-2H3,(H,25,28). The molecule has 0 radical (unpaired) electrons. The number of aryl methyl sites for hydroxylation is 1. The van der Waals surface area contributed by atoms with E-state index in [4.69, 9.17) is 4.74 Å². The topological polar surface area (TPSA) is 67.3 Å². The van der Waals surface area contributed by atoms with E-state index in [1.807, 2.05) is 48.2 Å². The number of methoxy groups -OCH3 is 1. The number of carbonyl (C=O) groups excluding carboxylic acids is 1. The maximum absolute atomic E-state index is 13.1. The van der Waals surface area contributed by atoms with Crippen molar-refractivity contribution in [3.63, 3.8) is 0 Å². The molecule has 3 aromatic rings. The number of rotatable bonds is 4. The molecule has 6 nitrogen and oxygen atoms in total. The van der Waals surface area contributed by atoms with Crippen LogP contribution < -0.4 is 10.1 Å². The molecule has 2 amide bonds. The zero-order chi connectivity index (χ0) is 20.2. The van der Waals surface area contributed by atoms with Gasteiger partial charge >= 0.3 is 6.03 Å². The molecule has 148 valence electrons. The Labute approximate surface area is 170 Å². The van der Waals surface area contributed by atoms with Gasteiger partial charge in [-0.3, -0.25) is 0 Å². The van der Waals surface area contributed by atoms with Crippen molar-refractivity contribution in [1.29, 1.82) is 0 Å². The first-order valence-corrected chi connectivity index (χ1v) is 9.68. The van der Waals surface area contributed by atoms with Gasteiger partial charge in [0.2, 0.25) is 0 Å². The molecule has 4 rings (SSSR count). The van der Waals surface area contributed by atoms with E-state index in [9.17, 15) is 4.79 Å². The Kier molecular flexibility index (Phi) is 5.42. The van der Waals surface area contributed by atoms with Crippen LogP contribution in [0.15, 0.2) is 60.8 Å². The summed E-state index contributed by atoms with van der Waals surface area (Å²) in [5, 5.41) is 3.02. The SMILES string of the molecule is COc1ccc2c(c1)CN(C(=O)NCc1ccnc(C)n1)C(c1ccccc1)C2. The molecule has 29 heavy (non-hydrogen) atoms. The lowest BCUT2D eigenvalue weighted by Gasteiger charge is -2.37. The van der Waals surface area contributed by atoms with Gasteiger partial charge in [0.25, 0.3) is 0 Å². The molecule has 1 aliphatic heterocycles. The van der Waals surface area contributed by atoms with Crippen LogP contribution in [0.2, 0.25) is 0 Å². The fraction of sp³-hybridized carbons (Fsp3) is 0.261. The number of carbonyl (C=O) groups is 1. The molecule has 1 aliphatic rings. The number of nitrogens with zero attached hydrogens (tertiary/aromatic N) is 3. The maximum atomic E-state index is 13.1. The highest BCUT2D eigenvalue weighted by atomic mass is 16.5. The van der Waals surface area contributed by atoms with E-state index in [0.29, 0.717) is 18.9 Å². The van der Waals surface area contributed by atoms with E-state index < -0.39 is 0 Å². The summed E-state index contributed by atoms with van der Waals surface area (Å²) in [7, 11) is 1.66. The summed E-state index contributed by atoms with van der Waals surface area (Å²) in [4.78, 5) is 23.5. The fourth-order valence-corrected chi connectivity index (χ4v) is 3.75. The van der Waals surface area contributed by atoms with Crippen LogP contribution in [0.1, 0.15) is 34.3 Å². The van der Waals surface area contributed by atoms with Crippen LogP contribution in [-0.2, 0) is 19.5 Å². The smallest absolute Gasteiger partial charge is 0.318 e. The summed E-state index contributed by atoms with van der Waals surface area (Å²) in [5.74, 6) is 1.50. The highest BCUT2D eigenvalue weighted by molar-refractivity contribution is 5.75. The summed E-state index contributed by atoms with van der Waals surface area (Å²) in [6.45, 7) is 2.73. The van der Waals surface area contributed by atoms with Crippen LogP contribution in [0.4, 0.5) is 4.79 Å². The van der Waals surface area contributed by atoms with Gasteiger partial charge in [0.15, 0.2) is 0 Å². The molecule has 0 saturated carbocycles. The van der Waals surface area contributed by atoms with Gasteiger partial charge in [0.1, 0.15) is 11.6 Å². The van der Waals surface area contributed by atoms with E-state index in [-0.39, 0.29) is 12.1 Å². The minimum atomic E-state index is -0.108. The number of amides is 2. The Bertz CT molecular complexity index is 1010. The first kappa shape index (κ1) is 18.9. The summed E-state index contributed by atoms with van der Waals surface area (Å²) < 4.78 is 5.37. The molecule has 0 bridgehead atoms. The van der Waals surface area contributed by atoms with Crippen LogP contribution >= 0.6 is 0 Å². The van der Waals surface area contributed by atoms with E-state index in [1.165, 1.54) is 5.56 Å². The fourth-order valence-electron chi connectivity index (χ4n) is 3.75. The van der Waals surface area contributed by atoms with E-state index >= 15 is 0 Å². The van der Waals surface area contributed by atoms with Crippen LogP contribution in [-0.4, -0.2) is 28.0 Å². The molecule has 2 aromatic carbocycles. The summed E-state index contributed by atoms with van der Waals surface area (Å²) in [6, 6.07) is 18.0. The zero-order valence-electron chi connectivity index (χ0n) is 16.6. The van der Waals surface area contributed by atoms with Gasteiger partial charge in [-0.05, 0) is 48.2 Å². The zero-order valence-corrected chi connectivity index (χ0v) is 16.6. The summed E-state index contributed by atoms with van der Waals surface area (Å²) in [5.41, 5.74) is 4.28. The largest absolute Gasteiger partial charge is 0.497 e. The van der Waals surface area contributed by atoms with Crippen molar-refractivity contribution in [2.75, 3.05) is 7.11 Å². The van der Waals surface area contributed by atoms with E-state index in [1.54, 1.807) is 13.3 Å². The maximum Gasteiger partial charge on any atom is 0.318 e. The van der Waals surface area contributed by atoms with Crippen molar-refractivity contribution in [2.45, 2.75) is 32.5 Å². The van der Waals surface area contributed by atoms with Crippen LogP contribution in [0.25, 0.3) is 0 Å². The van der Waals surface area contributed by atoms with Crippen LogP contribution in [0.5, 0.6) is 5.75 Å². The Morgan fingerprint density at radius 1 is 1.17 bits per heavy atom. The number of ether oxygens (including phenoxy) is 1. The van der Waals surface area contributed by atoms with E-state index in [0.717, 1.165) is 29.0 Å². The van der Waals surface area contributed by atoms with Crippen molar-refractivity contribution < 1.29 is 9.53 Å². The van der Waals surface area contributed by atoms with Gasteiger partial charge in [-0.2, -0.15) is 0 Å². The molecule has 0 saturated heterocycles. The van der Waals surface area contributed by atoms with Crippen molar-refractivity contribution in [2.24, 2.45) is 0 Å². The molecule has 1 N–H and O–H groups in total. The molecule has 0 fully saturated rings. The summed E-state index contributed by atoms with van der Waals surface area (Å²) in [6.07, 6.45) is 2.48. The molecule has 6 heteroatoms. The lowest BCUT2D eigenvalue weighted by molar-refractivity contribution is 0.162. The second kappa shape index (κ2) is 8.31. The molecule has 1 atom stereocenters. The average Bonchev–Trinajstić information content (AvgIpc) is 2.76. The highest BCUT2D eigenvalue weighted by Crippen LogP contribution is 2.34. The molecule has 0 aliphatic carbocycles. The number of urea groups is 1. The minimum Gasteiger partial charge on any atom is -0.497 e. The van der Waals surface area contributed by atoms with Gasteiger partial charge < -0.3 is 15.0 Å². The molecular weight excluding hydrogens is 364 g/mol. The van der Waals surface area contributed by atoms with Gasteiger partial charge in [0, 0.05) is 12.7 Å². The number of aromatic nitrogens is 2. The normalized spacial score (nSPS) is 15.5. The van der Waals surface area contributed by atoms with Crippen molar-refractivity contribution in [1.82, 2.24) is 20.2 Å². The monoisotopic (exact) mass is 388 g/mol. The lowest BCUT2D eigenvalue weighted by atomic mass is 9.90. The van der Waals surface area contributed by atoms with Crippen molar-refractivity contribution in [3.05, 3.63) is 89.0 Å². The molecule has 2 heterocycles. The third-order valence-corrected chi connectivity index (χ3v) is 5.24. The second-order valence-corrected chi connectivity index (χ2v) is 7.15. The van der Waals surface area contributed by atoms with Crippen LogP contribution in [0, 0.1) is 6.92 Å². The van der Waals surface area contributed by atoms with Gasteiger partial charge in [-0.1, -0.05) is 36.4 Å². The molecule has 1 unspecified atom stereocenters. The molecule has 0 spiro atoms. The third-order valence-electron chi connectivity index (χ3n) is 5.24. The Morgan fingerprint density at radius 2 is 2.00 bits per heavy atom. The van der Waals surface area contributed by atoms with Crippen molar-refractivity contribution in [3.8, 4) is 5.75 Å². The van der Waals surface area contributed by atoms with Gasteiger partial charge in [-0.15, -0.1) is 0 Å². The Morgan fingerprint density at radius 3 is 2.76 bits per heavy atom. The highest BCUT2D eigenvalue weighted by Gasteiger charge is 2.31. The number of benzene rings is 2. The first-order valence-electron chi connectivity index (χ1n) is 9.68. The quantitative estimate of drug-likeness (QED) is 0.738. The Hall–Kier alpha value is -3.41. The number of hydrogen-bond acceptors (Lipinski definition) is 4. The Balaban J connectivity index is 1.59. The van der Waals surface area contributed by atoms with Gasteiger partial charge in [-0.25, -0.2) is 14.8 Å². The predicted molar refractivity (Wildman–Crippen MR) is 110 cm³/mol. The number of fused-ring (bicyclic) bond motifs is 1. The summed E-state index contributed by atoms with van der Waals surface area (Å²) >= 11 is 0. The van der Waals surface area contributed by atoms with Gasteiger partial charge in [0.05, 0.1) is 25.4 Å². The average molecular weight is 388 g/mol. The minimum absolute atomic E-state index is 0.0239. The van der Waals surface area contributed by atoms with E-state index in [2.05, 4.69) is 33.5 Å². The lowest BCUT2D eigenvalue weighted by Crippen LogP contribution is -2.44. The first-order chi connectivity index (χ1) is 14.1. The third kappa shape index (κ3) is 4.21.